The van der Waals surface area contributed by atoms with E-state index >= 15 is 0 Å². The highest BCUT2D eigenvalue weighted by atomic mass is 32.1. The zero-order valence-electron chi connectivity index (χ0n) is 8.70. The minimum Gasteiger partial charge on any atom is -0.361 e. The van der Waals surface area contributed by atoms with Crippen molar-refractivity contribution in [3.63, 3.8) is 0 Å². The molecule has 3 nitrogen and oxygen atoms in total. The van der Waals surface area contributed by atoms with Crippen LogP contribution < -0.4 is 5.32 Å². The minimum atomic E-state index is -0.0177. The van der Waals surface area contributed by atoms with E-state index in [2.05, 4.69) is 10.3 Å². The van der Waals surface area contributed by atoms with Gasteiger partial charge in [-0.2, -0.15) is 0 Å². The average molecular weight is 230 g/mol. The standard InChI is InChI=1S/C12H10N2OS/c1-7-2-4-13-10(7)6-9-8-3-5-16-12(8)14-11(9)15/h2-6,13H,1H3,(H,14,15)/b9-6-. The number of carbonyl (C=O) groups is 1. The summed E-state index contributed by atoms with van der Waals surface area (Å²) in [7, 11) is 0. The molecule has 1 aliphatic rings. The second-order valence-electron chi connectivity index (χ2n) is 3.75. The number of hydrogen-bond donors (Lipinski definition) is 2. The van der Waals surface area contributed by atoms with E-state index in [1.165, 1.54) is 0 Å². The number of rotatable bonds is 1. The summed E-state index contributed by atoms with van der Waals surface area (Å²) in [6.45, 7) is 2.02. The molecule has 2 aromatic heterocycles. The number of amides is 1. The summed E-state index contributed by atoms with van der Waals surface area (Å²) in [5.41, 5.74) is 3.87. The Morgan fingerprint density at radius 3 is 3.00 bits per heavy atom. The predicted molar refractivity (Wildman–Crippen MR) is 66.3 cm³/mol. The molecule has 1 aliphatic heterocycles. The van der Waals surface area contributed by atoms with Gasteiger partial charge >= 0.3 is 0 Å². The van der Waals surface area contributed by atoms with Crippen LogP contribution in [0.4, 0.5) is 5.00 Å². The molecule has 0 fully saturated rings. The van der Waals surface area contributed by atoms with E-state index in [4.69, 9.17) is 0 Å². The highest BCUT2D eigenvalue weighted by Crippen LogP contribution is 2.37. The van der Waals surface area contributed by atoms with Gasteiger partial charge in [-0.1, -0.05) is 0 Å². The lowest BCUT2D eigenvalue weighted by molar-refractivity contribution is -0.110. The van der Waals surface area contributed by atoms with Crippen LogP contribution >= 0.6 is 11.3 Å². The van der Waals surface area contributed by atoms with Crippen molar-refractivity contribution in [2.75, 3.05) is 5.32 Å². The van der Waals surface area contributed by atoms with Crippen LogP contribution in [0.5, 0.6) is 0 Å². The summed E-state index contributed by atoms with van der Waals surface area (Å²) >= 11 is 1.55. The number of aromatic amines is 1. The molecular formula is C12H10N2OS. The van der Waals surface area contributed by atoms with Crippen LogP contribution in [-0.2, 0) is 4.79 Å². The number of hydrogen-bond acceptors (Lipinski definition) is 2. The summed E-state index contributed by atoms with van der Waals surface area (Å²) in [5.74, 6) is -0.0177. The molecule has 2 aromatic rings. The van der Waals surface area contributed by atoms with E-state index in [1.54, 1.807) is 11.3 Å². The molecule has 3 heterocycles. The molecule has 0 saturated heterocycles. The SMILES string of the molecule is Cc1cc[nH]c1/C=C1\C(=O)Nc2sccc21. The Balaban J connectivity index is 2.11. The van der Waals surface area contributed by atoms with Crippen LogP contribution in [0, 0.1) is 6.92 Å². The summed E-state index contributed by atoms with van der Waals surface area (Å²) in [6.07, 6.45) is 3.78. The Kier molecular flexibility index (Phi) is 1.97. The van der Waals surface area contributed by atoms with E-state index < -0.39 is 0 Å². The molecule has 0 aliphatic carbocycles. The topological polar surface area (TPSA) is 44.9 Å². The third-order valence-electron chi connectivity index (χ3n) is 2.71. The average Bonchev–Trinajstić information content (AvgIpc) is 2.89. The Hall–Kier alpha value is -1.81. The summed E-state index contributed by atoms with van der Waals surface area (Å²) in [5, 5.41) is 5.79. The van der Waals surface area contributed by atoms with Crippen molar-refractivity contribution in [3.05, 3.63) is 40.5 Å². The molecule has 0 radical (unpaired) electrons. The van der Waals surface area contributed by atoms with Crippen LogP contribution in [0.1, 0.15) is 16.8 Å². The smallest absolute Gasteiger partial charge is 0.257 e. The lowest BCUT2D eigenvalue weighted by Gasteiger charge is -1.95. The van der Waals surface area contributed by atoms with Crippen molar-refractivity contribution >= 4 is 33.9 Å². The summed E-state index contributed by atoms with van der Waals surface area (Å²) in [4.78, 5) is 14.9. The Morgan fingerprint density at radius 2 is 2.25 bits per heavy atom. The minimum absolute atomic E-state index is 0.0177. The monoisotopic (exact) mass is 230 g/mol. The molecule has 16 heavy (non-hydrogen) atoms. The van der Waals surface area contributed by atoms with Crippen LogP contribution in [0.25, 0.3) is 11.6 Å². The summed E-state index contributed by atoms with van der Waals surface area (Å²) in [6, 6.07) is 3.97. The molecule has 0 aromatic carbocycles. The number of fused-ring (bicyclic) bond motifs is 1. The maximum absolute atomic E-state index is 11.7. The predicted octanol–water partition coefficient (Wildman–Crippen LogP) is 2.88. The van der Waals surface area contributed by atoms with Crippen molar-refractivity contribution in [3.8, 4) is 0 Å². The molecule has 0 atom stereocenters. The molecule has 80 valence electrons. The molecule has 2 N–H and O–H groups in total. The maximum Gasteiger partial charge on any atom is 0.257 e. The summed E-state index contributed by atoms with van der Waals surface area (Å²) < 4.78 is 0. The number of thiophene rings is 1. The molecular weight excluding hydrogens is 220 g/mol. The first kappa shape index (κ1) is 9.42. The number of H-pyrrole nitrogens is 1. The maximum atomic E-state index is 11.7. The number of nitrogens with one attached hydrogen (secondary N) is 2. The fourth-order valence-electron chi connectivity index (χ4n) is 1.81. The number of aromatic nitrogens is 1. The highest BCUT2D eigenvalue weighted by Gasteiger charge is 2.25. The lowest BCUT2D eigenvalue weighted by Crippen LogP contribution is -2.03. The van der Waals surface area contributed by atoms with Gasteiger partial charge in [0.05, 0.1) is 5.57 Å². The second kappa shape index (κ2) is 3.35. The van der Waals surface area contributed by atoms with Crippen LogP contribution in [0.2, 0.25) is 0 Å². The van der Waals surface area contributed by atoms with Gasteiger partial charge in [0.25, 0.3) is 5.91 Å². The first-order valence-corrected chi connectivity index (χ1v) is 5.88. The van der Waals surface area contributed by atoms with E-state index in [0.29, 0.717) is 0 Å². The van der Waals surface area contributed by atoms with Crippen molar-refractivity contribution in [1.29, 1.82) is 0 Å². The van der Waals surface area contributed by atoms with Gasteiger partial charge in [-0.15, -0.1) is 11.3 Å². The van der Waals surface area contributed by atoms with Crippen LogP contribution in [0.3, 0.4) is 0 Å². The first-order valence-electron chi connectivity index (χ1n) is 5.00. The number of anilines is 1. The highest BCUT2D eigenvalue weighted by molar-refractivity contribution is 7.15. The molecule has 4 heteroatoms. The zero-order valence-corrected chi connectivity index (χ0v) is 9.52. The van der Waals surface area contributed by atoms with Gasteiger partial charge in [-0.05, 0) is 36.1 Å². The Bertz CT molecular complexity index is 592. The van der Waals surface area contributed by atoms with Gasteiger partial charge in [0.15, 0.2) is 0 Å². The quantitative estimate of drug-likeness (QED) is 0.727. The molecule has 0 bridgehead atoms. The van der Waals surface area contributed by atoms with E-state index in [9.17, 15) is 4.79 Å². The van der Waals surface area contributed by atoms with Crippen LogP contribution in [0.15, 0.2) is 23.7 Å². The van der Waals surface area contributed by atoms with Crippen molar-refractivity contribution < 1.29 is 4.79 Å². The second-order valence-corrected chi connectivity index (χ2v) is 4.67. The number of aryl methyl sites for hydroxylation is 1. The van der Waals surface area contributed by atoms with Gasteiger partial charge in [-0.25, -0.2) is 0 Å². The van der Waals surface area contributed by atoms with Crippen LogP contribution in [-0.4, -0.2) is 10.9 Å². The van der Waals surface area contributed by atoms with E-state index in [-0.39, 0.29) is 5.91 Å². The van der Waals surface area contributed by atoms with Crippen molar-refractivity contribution in [1.82, 2.24) is 4.98 Å². The molecule has 1 amide bonds. The van der Waals surface area contributed by atoms with Gasteiger partial charge in [0, 0.05) is 17.5 Å². The van der Waals surface area contributed by atoms with Crippen molar-refractivity contribution in [2.45, 2.75) is 6.92 Å². The zero-order chi connectivity index (χ0) is 11.1. The molecule has 0 unspecified atom stereocenters. The molecule has 3 rings (SSSR count). The van der Waals surface area contributed by atoms with Crippen molar-refractivity contribution in [2.24, 2.45) is 0 Å². The normalized spacial score (nSPS) is 16.6. The third kappa shape index (κ3) is 1.31. The largest absolute Gasteiger partial charge is 0.361 e. The number of carbonyl (C=O) groups excluding carboxylic acids is 1. The van der Waals surface area contributed by atoms with Gasteiger partial charge in [-0.3, -0.25) is 4.79 Å². The van der Waals surface area contributed by atoms with Gasteiger partial charge < -0.3 is 10.3 Å². The fourth-order valence-corrected chi connectivity index (χ4v) is 2.61. The Labute approximate surface area is 96.8 Å². The first-order chi connectivity index (χ1) is 7.75. The molecule has 0 spiro atoms. The van der Waals surface area contributed by atoms with E-state index in [1.807, 2.05) is 36.7 Å². The third-order valence-corrected chi connectivity index (χ3v) is 3.54. The van der Waals surface area contributed by atoms with Gasteiger partial charge in [0.1, 0.15) is 5.00 Å². The Morgan fingerprint density at radius 1 is 1.38 bits per heavy atom. The van der Waals surface area contributed by atoms with E-state index in [0.717, 1.165) is 27.4 Å². The lowest BCUT2D eigenvalue weighted by atomic mass is 10.1. The molecule has 0 saturated carbocycles. The van der Waals surface area contributed by atoms with Gasteiger partial charge in [0.2, 0.25) is 0 Å². The fraction of sp³-hybridized carbons (Fsp3) is 0.0833.